The Morgan fingerprint density at radius 3 is 2.26 bits per heavy atom. The lowest BCUT2D eigenvalue weighted by Crippen LogP contribution is -2.13. The van der Waals surface area contributed by atoms with Crippen molar-refractivity contribution in [1.82, 2.24) is 9.78 Å². The van der Waals surface area contributed by atoms with E-state index in [-0.39, 0.29) is 27.8 Å². The van der Waals surface area contributed by atoms with E-state index < -0.39 is 25.5 Å². The van der Waals surface area contributed by atoms with E-state index in [1.165, 1.54) is 35.0 Å². The van der Waals surface area contributed by atoms with Crippen LogP contribution in [0.5, 0.6) is 0 Å². The summed E-state index contributed by atoms with van der Waals surface area (Å²) < 4.78 is 32.9. The summed E-state index contributed by atoms with van der Waals surface area (Å²) in [6.07, 6.45) is 0. The molecule has 0 saturated heterocycles. The maximum absolute atomic E-state index is 13.2. The Morgan fingerprint density at radius 1 is 1.00 bits per heavy atom. The number of H-pyrrole nitrogens is 1. The molecule has 0 spiro atoms. The van der Waals surface area contributed by atoms with Crippen molar-refractivity contribution in [2.45, 2.75) is 4.90 Å². The molecule has 0 aliphatic rings. The first-order valence-corrected chi connectivity index (χ1v) is 11.3. The van der Waals surface area contributed by atoms with Crippen LogP contribution in [-0.2, 0) is 10.1 Å². The van der Waals surface area contributed by atoms with Gasteiger partial charge in [0, 0.05) is 17.7 Å². The highest BCUT2D eigenvalue weighted by Gasteiger charge is 2.18. The van der Waals surface area contributed by atoms with Crippen LogP contribution >= 0.6 is 11.6 Å². The number of para-hydroxylation sites is 1. The van der Waals surface area contributed by atoms with Crippen LogP contribution in [0.1, 0.15) is 0 Å². The van der Waals surface area contributed by atoms with Crippen LogP contribution in [-0.4, -0.2) is 27.7 Å². The summed E-state index contributed by atoms with van der Waals surface area (Å²) in [6, 6.07) is 17.5. The van der Waals surface area contributed by atoms with Gasteiger partial charge in [-0.2, -0.15) is 8.42 Å². The van der Waals surface area contributed by atoms with Gasteiger partial charge in [0.1, 0.15) is 5.69 Å². The second-order valence-electron chi connectivity index (χ2n) is 6.90. The lowest BCUT2D eigenvalue weighted by atomic mass is 10.1. The molecule has 0 aliphatic carbocycles. The molecule has 0 aliphatic heterocycles. The van der Waals surface area contributed by atoms with Crippen molar-refractivity contribution in [2.24, 2.45) is 10.2 Å². The third kappa shape index (κ3) is 4.64. The van der Waals surface area contributed by atoms with Gasteiger partial charge in [-0.25, -0.2) is 4.68 Å². The highest BCUT2D eigenvalue weighted by Crippen LogP contribution is 2.32. The van der Waals surface area contributed by atoms with E-state index in [1.54, 1.807) is 30.3 Å². The topological polar surface area (TPSA) is 160 Å². The standard InChI is InChI=1S/C21H14ClN5O6S/c22-17-12-16(34(31,32)33)10-11-18(17)23-24-20-19(13-6-8-15(9-7-13)27(29)30)25-26(21(20)28)14-4-2-1-3-5-14/h1-12,25H,(H,31,32,33). The van der Waals surface area contributed by atoms with Crippen LogP contribution in [0.15, 0.2) is 92.7 Å². The number of halogens is 1. The van der Waals surface area contributed by atoms with Gasteiger partial charge in [0.15, 0.2) is 5.69 Å². The van der Waals surface area contributed by atoms with Crippen LogP contribution < -0.4 is 5.56 Å². The summed E-state index contributed by atoms with van der Waals surface area (Å²) in [6.45, 7) is 0. The van der Waals surface area contributed by atoms with Gasteiger partial charge >= 0.3 is 0 Å². The predicted octanol–water partition coefficient (Wildman–Crippen LogP) is 5.06. The first kappa shape index (κ1) is 23.0. The van der Waals surface area contributed by atoms with Crippen molar-refractivity contribution in [3.8, 4) is 16.9 Å². The number of hydrogen-bond acceptors (Lipinski definition) is 7. The number of hydrogen-bond donors (Lipinski definition) is 2. The minimum Gasteiger partial charge on any atom is -0.288 e. The smallest absolute Gasteiger partial charge is 0.288 e. The number of rotatable bonds is 6. The predicted molar refractivity (Wildman–Crippen MR) is 124 cm³/mol. The Hall–Kier alpha value is -4.13. The van der Waals surface area contributed by atoms with E-state index in [2.05, 4.69) is 15.3 Å². The molecule has 4 aromatic rings. The zero-order valence-corrected chi connectivity index (χ0v) is 18.6. The monoisotopic (exact) mass is 499 g/mol. The Labute approximate surface area is 196 Å². The van der Waals surface area contributed by atoms with Crippen molar-refractivity contribution in [3.05, 3.63) is 98.3 Å². The summed E-state index contributed by atoms with van der Waals surface area (Å²) in [5, 5.41) is 21.8. The minimum absolute atomic E-state index is 0.0515. The van der Waals surface area contributed by atoms with Gasteiger partial charge < -0.3 is 0 Å². The molecular formula is C21H14ClN5O6S. The number of benzene rings is 3. The molecule has 0 unspecified atom stereocenters. The molecule has 2 N–H and O–H groups in total. The van der Waals surface area contributed by atoms with Gasteiger partial charge in [0.25, 0.3) is 21.4 Å². The van der Waals surface area contributed by atoms with E-state index in [4.69, 9.17) is 16.2 Å². The quantitative estimate of drug-likeness (QED) is 0.163. The normalized spacial score (nSPS) is 11.7. The molecule has 172 valence electrons. The Morgan fingerprint density at radius 2 is 1.68 bits per heavy atom. The van der Waals surface area contributed by atoms with Crippen molar-refractivity contribution in [2.75, 3.05) is 0 Å². The van der Waals surface area contributed by atoms with Gasteiger partial charge in [-0.1, -0.05) is 29.8 Å². The number of aromatic amines is 1. The number of azo groups is 1. The van der Waals surface area contributed by atoms with Gasteiger partial charge in [-0.05, 0) is 42.5 Å². The summed E-state index contributed by atoms with van der Waals surface area (Å²) in [5.41, 5.74) is 0.490. The molecule has 1 heterocycles. The summed E-state index contributed by atoms with van der Waals surface area (Å²) >= 11 is 6.06. The first-order valence-electron chi connectivity index (χ1n) is 9.49. The van der Waals surface area contributed by atoms with Crippen molar-refractivity contribution >= 4 is 38.8 Å². The summed E-state index contributed by atoms with van der Waals surface area (Å²) in [5.74, 6) is 0. The number of nitrogens with zero attached hydrogens (tertiary/aromatic N) is 4. The maximum Gasteiger partial charge on any atom is 0.299 e. The van der Waals surface area contributed by atoms with Crippen molar-refractivity contribution < 1.29 is 17.9 Å². The molecule has 0 fully saturated rings. The van der Waals surface area contributed by atoms with Crippen LogP contribution in [0.4, 0.5) is 17.1 Å². The third-order valence-corrected chi connectivity index (χ3v) is 5.87. The molecule has 3 aromatic carbocycles. The van der Waals surface area contributed by atoms with E-state index in [0.29, 0.717) is 11.3 Å². The molecule has 0 saturated carbocycles. The number of non-ortho nitro benzene ring substituents is 1. The number of nitro groups is 1. The molecule has 13 heteroatoms. The molecule has 0 amide bonds. The lowest BCUT2D eigenvalue weighted by Gasteiger charge is -2.02. The number of nitrogens with one attached hydrogen (secondary N) is 1. The Kier molecular flexibility index (Phi) is 6.11. The van der Waals surface area contributed by atoms with Gasteiger partial charge in [0.05, 0.1) is 26.2 Å². The largest absolute Gasteiger partial charge is 0.299 e. The van der Waals surface area contributed by atoms with E-state index in [0.717, 1.165) is 12.1 Å². The molecule has 0 bridgehead atoms. The minimum atomic E-state index is -4.46. The van der Waals surface area contributed by atoms with Crippen molar-refractivity contribution in [3.63, 3.8) is 0 Å². The Balaban J connectivity index is 1.83. The number of aromatic nitrogens is 2. The van der Waals surface area contributed by atoms with Crippen molar-refractivity contribution in [1.29, 1.82) is 0 Å². The molecule has 1 aromatic heterocycles. The zero-order valence-electron chi connectivity index (χ0n) is 17.0. The number of nitro benzene ring substituents is 1. The zero-order chi connectivity index (χ0) is 24.5. The SMILES string of the molecule is O=c1c(N=Nc2ccc(S(=O)(=O)O)cc2Cl)c(-c2ccc([N+](=O)[O-])cc2)[nH]n1-c1ccccc1. The fourth-order valence-corrected chi connectivity index (χ4v) is 3.85. The highest BCUT2D eigenvalue weighted by molar-refractivity contribution is 7.85. The molecule has 34 heavy (non-hydrogen) atoms. The van der Waals surface area contributed by atoms with Gasteiger partial charge in [-0.3, -0.25) is 24.6 Å². The second-order valence-corrected chi connectivity index (χ2v) is 8.73. The average Bonchev–Trinajstić information content (AvgIpc) is 3.14. The summed E-state index contributed by atoms with van der Waals surface area (Å²) in [7, 11) is -4.46. The fraction of sp³-hybridized carbons (Fsp3) is 0. The van der Waals surface area contributed by atoms with Gasteiger partial charge in [0.2, 0.25) is 0 Å². The Bertz CT molecular complexity index is 1580. The van der Waals surface area contributed by atoms with Crippen LogP contribution in [0.3, 0.4) is 0 Å². The molecule has 0 radical (unpaired) electrons. The molecule has 4 rings (SSSR count). The summed E-state index contributed by atoms with van der Waals surface area (Å²) in [4.78, 5) is 23.2. The second kappa shape index (κ2) is 9.02. The molecular weight excluding hydrogens is 486 g/mol. The van der Waals surface area contributed by atoms with E-state index in [1.807, 2.05) is 0 Å². The fourth-order valence-electron chi connectivity index (χ4n) is 3.06. The van der Waals surface area contributed by atoms with E-state index in [9.17, 15) is 23.3 Å². The average molecular weight is 500 g/mol. The van der Waals surface area contributed by atoms with E-state index >= 15 is 0 Å². The lowest BCUT2D eigenvalue weighted by molar-refractivity contribution is -0.384. The van der Waals surface area contributed by atoms with Crippen LogP contribution in [0.25, 0.3) is 16.9 Å². The first-order chi connectivity index (χ1) is 16.1. The molecule has 0 atom stereocenters. The highest BCUT2D eigenvalue weighted by atomic mass is 35.5. The van der Waals surface area contributed by atoms with Crippen LogP contribution in [0, 0.1) is 10.1 Å². The maximum atomic E-state index is 13.2. The van der Waals surface area contributed by atoms with Crippen LogP contribution in [0.2, 0.25) is 5.02 Å². The molecule has 11 nitrogen and oxygen atoms in total. The van der Waals surface area contributed by atoms with Gasteiger partial charge in [-0.15, -0.1) is 10.2 Å². The third-order valence-electron chi connectivity index (χ3n) is 4.72.